The molecule has 0 saturated heterocycles. The van der Waals surface area contributed by atoms with Crippen LogP contribution in [0.4, 0.5) is 26.3 Å². The van der Waals surface area contributed by atoms with Gasteiger partial charge in [0.15, 0.2) is 0 Å². The van der Waals surface area contributed by atoms with E-state index in [1.807, 2.05) is 0 Å². The average Bonchev–Trinajstić information content (AvgIpc) is 3.09. The number of rotatable bonds is 2. The van der Waals surface area contributed by atoms with E-state index >= 15 is 0 Å². The molecule has 0 unspecified atom stereocenters. The summed E-state index contributed by atoms with van der Waals surface area (Å²) in [6.07, 6.45) is -8.63. The minimum atomic E-state index is -4.31. The molecule has 0 nitrogen and oxygen atoms in total. The third-order valence-electron chi connectivity index (χ3n) is 7.29. The predicted octanol–water partition coefficient (Wildman–Crippen LogP) is 12.7. The number of hydrogen-bond acceptors (Lipinski definition) is 0. The molecule has 0 radical (unpaired) electrons. The van der Waals surface area contributed by atoms with Crippen LogP contribution in [0.2, 0.25) is 0 Å². The largest absolute Gasteiger partial charge is 0.417 e. The molecule has 7 rings (SSSR count). The summed E-state index contributed by atoms with van der Waals surface area (Å²) < 4.78 is 76.4. The van der Waals surface area contributed by atoms with E-state index in [1.54, 1.807) is 72.8 Å². The molecule has 7 aromatic rings. The number of fused-ring (bicyclic) bond motifs is 3. The van der Waals surface area contributed by atoms with E-state index in [0.717, 1.165) is 12.1 Å². The van der Waals surface area contributed by atoms with E-state index in [-0.39, 0.29) is 11.1 Å². The summed E-state index contributed by atoms with van der Waals surface area (Å²) in [7, 11) is 0. The molecule has 0 spiro atoms. The average molecular weight is 623 g/mol. The lowest BCUT2D eigenvalue weighted by Gasteiger charge is -2.12. The maximum absolute atomic E-state index is 12.7. The summed E-state index contributed by atoms with van der Waals surface area (Å²) in [4.78, 5) is 0. The van der Waals surface area contributed by atoms with Gasteiger partial charge in [0.1, 0.15) is 0 Å². The SMILES string of the molecule is FC(F)(F)c1ccccc1-c1ccccc1.FC(F)(F)c1ccccc1-c1ccccc1.c1ccc2c(c1)ccc1ccccc12. The van der Waals surface area contributed by atoms with Crippen molar-refractivity contribution in [3.05, 3.63) is 181 Å². The van der Waals surface area contributed by atoms with E-state index in [2.05, 4.69) is 60.7 Å². The lowest BCUT2D eigenvalue weighted by molar-refractivity contribution is -0.137. The Morgan fingerprint density at radius 3 is 0.957 bits per heavy atom. The molecular formula is C40H28F6. The molecule has 0 heterocycles. The second kappa shape index (κ2) is 14.2. The van der Waals surface area contributed by atoms with Crippen molar-refractivity contribution in [2.75, 3.05) is 0 Å². The second-order valence-electron chi connectivity index (χ2n) is 10.3. The van der Waals surface area contributed by atoms with Gasteiger partial charge in [-0.2, -0.15) is 26.3 Å². The predicted molar refractivity (Wildman–Crippen MR) is 175 cm³/mol. The number of hydrogen-bond donors (Lipinski definition) is 0. The molecule has 0 atom stereocenters. The lowest BCUT2D eigenvalue weighted by atomic mass is 9.99. The molecule has 7 aromatic carbocycles. The summed E-state index contributed by atoms with van der Waals surface area (Å²) in [6, 6.07) is 49.7. The first-order valence-electron chi connectivity index (χ1n) is 14.4. The van der Waals surface area contributed by atoms with Crippen molar-refractivity contribution in [3.63, 3.8) is 0 Å². The van der Waals surface area contributed by atoms with E-state index < -0.39 is 23.5 Å². The first-order chi connectivity index (χ1) is 22.1. The molecule has 0 aromatic heterocycles. The van der Waals surface area contributed by atoms with Gasteiger partial charge in [-0.25, -0.2) is 0 Å². The fourth-order valence-electron chi connectivity index (χ4n) is 5.15. The van der Waals surface area contributed by atoms with Crippen molar-refractivity contribution in [2.24, 2.45) is 0 Å². The third-order valence-corrected chi connectivity index (χ3v) is 7.29. The highest BCUT2D eigenvalue weighted by Crippen LogP contribution is 2.37. The van der Waals surface area contributed by atoms with Gasteiger partial charge in [0.05, 0.1) is 11.1 Å². The molecule has 0 aliphatic heterocycles. The molecule has 0 aliphatic rings. The summed E-state index contributed by atoms with van der Waals surface area (Å²) in [5, 5.41) is 5.30. The van der Waals surface area contributed by atoms with Gasteiger partial charge in [-0.3, -0.25) is 0 Å². The third kappa shape index (κ3) is 7.83. The van der Waals surface area contributed by atoms with Crippen LogP contribution >= 0.6 is 0 Å². The van der Waals surface area contributed by atoms with Gasteiger partial charge in [-0.15, -0.1) is 0 Å². The fraction of sp³-hybridized carbons (Fsp3) is 0.0500. The Hall–Kier alpha value is -5.36. The van der Waals surface area contributed by atoms with Crippen molar-refractivity contribution < 1.29 is 26.3 Å². The van der Waals surface area contributed by atoms with Gasteiger partial charge in [0.2, 0.25) is 0 Å². The summed E-state index contributed by atoms with van der Waals surface area (Å²) >= 11 is 0. The summed E-state index contributed by atoms with van der Waals surface area (Å²) in [5.41, 5.74) is 0.402. The lowest BCUT2D eigenvalue weighted by Crippen LogP contribution is -2.06. The highest BCUT2D eigenvalue weighted by Gasteiger charge is 2.34. The topological polar surface area (TPSA) is 0 Å². The van der Waals surface area contributed by atoms with Gasteiger partial charge in [-0.05, 0) is 55.9 Å². The minimum absolute atomic E-state index is 0.218. The molecule has 46 heavy (non-hydrogen) atoms. The zero-order valence-electron chi connectivity index (χ0n) is 24.4. The van der Waals surface area contributed by atoms with Crippen LogP contribution in [0, 0.1) is 0 Å². The van der Waals surface area contributed by atoms with Gasteiger partial charge in [0.25, 0.3) is 0 Å². The van der Waals surface area contributed by atoms with E-state index in [0.29, 0.717) is 11.1 Å². The Bertz CT molecular complexity index is 1860. The maximum Gasteiger partial charge on any atom is 0.417 e. The zero-order valence-corrected chi connectivity index (χ0v) is 24.4. The van der Waals surface area contributed by atoms with Crippen LogP contribution in [0.1, 0.15) is 11.1 Å². The monoisotopic (exact) mass is 622 g/mol. The van der Waals surface area contributed by atoms with Crippen LogP contribution in [-0.4, -0.2) is 0 Å². The van der Waals surface area contributed by atoms with Crippen molar-refractivity contribution in [2.45, 2.75) is 12.4 Å². The van der Waals surface area contributed by atoms with Crippen molar-refractivity contribution >= 4 is 21.5 Å². The number of benzene rings is 7. The maximum atomic E-state index is 12.7. The summed E-state index contributed by atoms with van der Waals surface area (Å²) in [5.74, 6) is 0. The first kappa shape index (κ1) is 32.0. The Morgan fingerprint density at radius 1 is 0.283 bits per heavy atom. The van der Waals surface area contributed by atoms with Crippen molar-refractivity contribution in [1.82, 2.24) is 0 Å². The molecule has 0 fully saturated rings. The van der Waals surface area contributed by atoms with Crippen molar-refractivity contribution in [1.29, 1.82) is 0 Å². The minimum Gasteiger partial charge on any atom is -0.166 e. The molecule has 0 N–H and O–H groups in total. The smallest absolute Gasteiger partial charge is 0.166 e. The summed E-state index contributed by atoms with van der Waals surface area (Å²) in [6.45, 7) is 0. The molecule has 6 heteroatoms. The molecule has 0 amide bonds. The van der Waals surface area contributed by atoms with E-state index in [1.165, 1.54) is 45.8 Å². The van der Waals surface area contributed by atoms with Crippen LogP contribution < -0.4 is 0 Å². The fourth-order valence-corrected chi connectivity index (χ4v) is 5.15. The Labute approximate surface area is 263 Å². The number of halogens is 6. The molecule has 0 saturated carbocycles. The van der Waals surface area contributed by atoms with E-state index in [4.69, 9.17) is 0 Å². The van der Waals surface area contributed by atoms with Crippen LogP contribution in [0.15, 0.2) is 170 Å². The highest BCUT2D eigenvalue weighted by molar-refractivity contribution is 6.07. The molecule has 230 valence electrons. The van der Waals surface area contributed by atoms with Crippen LogP contribution in [0.5, 0.6) is 0 Å². The first-order valence-corrected chi connectivity index (χ1v) is 14.4. The van der Waals surface area contributed by atoms with Crippen LogP contribution in [0.25, 0.3) is 43.8 Å². The molecule has 0 bridgehead atoms. The molecular weight excluding hydrogens is 594 g/mol. The van der Waals surface area contributed by atoms with Crippen LogP contribution in [-0.2, 0) is 12.4 Å². The molecule has 0 aliphatic carbocycles. The highest BCUT2D eigenvalue weighted by atomic mass is 19.4. The van der Waals surface area contributed by atoms with E-state index in [9.17, 15) is 26.3 Å². The Balaban J connectivity index is 0.000000136. The van der Waals surface area contributed by atoms with Crippen LogP contribution in [0.3, 0.4) is 0 Å². The standard InChI is InChI=1S/C14H10.2C13H9F3/c1-3-7-13-11(5-1)9-10-12-6-2-4-8-14(12)13;2*14-13(15,16)12-9-5-4-8-11(12)10-6-2-1-3-7-10/h1-10H;2*1-9H. The second-order valence-corrected chi connectivity index (χ2v) is 10.3. The number of alkyl halides is 6. The Morgan fingerprint density at radius 2 is 0.587 bits per heavy atom. The van der Waals surface area contributed by atoms with Gasteiger partial charge in [-0.1, -0.05) is 158 Å². The zero-order chi connectivity index (χ0) is 32.6. The van der Waals surface area contributed by atoms with Gasteiger partial charge < -0.3 is 0 Å². The normalized spacial score (nSPS) is 11.3. The van der Waals surface area contributed by atoms with Crippen molar-refractivity contribution in [3.8, 4) is 22.3 Å². The quantitative estimate of drug-likeness (QED) is 0.133. The van der Waals surface area contributed by atoms with Gasteiger partial charge in [0, 0.05) is 0 Å². The van der Waals surface area contributed by atoms with Gasteiger partial charge >= 0.3 is 12.4 Å². The Kier molecular flexibility index (Phi) is 9.87.